The lowest BCUT2D eigenvalue weighted by atomic mass is 10.1. The maximum atomic E-state index is 5.26. The van der Waals surface area contributed by atoms with Crippen LogP contribution in [0.4, 0.5) is 0 Å². The molecule has 0 aliphatic heterocycles. The summed E-state index contributed by atoms with van der Waals surface area (Å²) in [5, 5.41) is 3.13. The fourth-order valence-corrected chi connectivity index (χ4v) is 1.37. The maximum absolute atomic E-state index is 5.26. The van der Waals surface area contributed by atoms with Crippen LogP contribution in [-0.4, -0.2) is 20.7 Å². The Labute approximate surface area is 92.1 Å². The van der Waals surface area contributed by atoms with E-state index in [1.807, 2.05) is 19.2 Å². The molecule has 1 rings (SSSR count). The normalized spacial score (nSPS) is 9.29. The van der Waals surface area contributed by atoms with E-state index in [0.717, 1.165) is 25.1 Å². The lowest BCUT2D eigenvalue weighted by Gasteiger charge is -2.07. The summed E-state index contributed by atoms with van der Waals surface area (Å²) < 4.78 is 5.26. The molecule has 0 amide bonds. The predicted octanol–water partition coefficient (Wildman–Crippen LogP) is 2.27. The number of benzene rings is 1. The van der Waals surface area contributed by atoms with E-state index in [2.05, 4.69) is 17.4 Å². The summed E-state index contributed by atoms with van der Waals surface area (Å²) in [7, 11) is 3.69. The number of hydrogen-bond donors (Lipinski definition) is 1. The number of nitrogens with one attached hydrogen (secondary N) is 1. The molecule has 1 N–H and O–H groups in total. The molecular weight excluding hydrogens is 198 g/mol. The molecule has 0 saturated heterocycles. The van der Waals surface area contributed by atoms with Gasteiger partial charge in [0.2, 0.25) is 0 Å². The van der Waals surface area contributed by atoms with E-state index >= 15 is 0 Å². The summed E-state index contributed by atoms with van der Waals surface area (Å²) in [5.41, 5.74) is 1.29. The first-order valence-corrected chi connectivity index (χ1v) is 4.65. The Morgan fingerprint density at radius 1 is 1.29 bits per heavy atom. The first-order valence-electron chi connectivity index (χ1n) is 4.65. The third kappa shape index (κ3) is 3.99. The summed E-state index contributed by atoms with van der Waals surface area (Å²) >= 11 is 0. The number of rotatable bonds is 5. The van der Waals surface area contributed by atoms with Crippen molar-refractivity contribution in [1.82, 2.24) is 5.32 Å². The molecule has 1 aromatic carbocycles. The first-order chi connectivity index (χ1) is 6.38. The average molecular weight is 216 g/mol. The van der Waals surface area contributed by atoms with Crippen molar-refractivity contribution >= 4 is 12.4 Å². The van der Waals surface area contributed by atoms with Gasteiger partial charge in [0.25, 0.3) is 0 Å². The fraction of sp³-hybridized carbons (Fsp3) is 0.455. The van der Waals surface area contributed by atoms with Crippen LogP contribution in [0.3, 0.4) is 0 Å². The van der Waals surface area contributed by atoms with Gasteiger partial charge in [-0.3, -0.25) is 0 Å². The third-order valence-corrected chi connectivity index (χ3v) is 2.07. The van der Waals surface area contributed by atoms with E-state index in [-0.39, 0.29) is 12.4 Å². The highest BCUT2D eigenvalue weighted by atomic mass is 35.5. The predicted molar refractivity (Wildman–Crippen MR) is 62.5 cm³/mol. The first kappa shape index (κ1) is 13.3. The summed E-state index contributed by atoms with van der Waals surface area (Å²) in [6.45, 7) is 1.05. The quantitative estimate of drug-likeness (QED) is 0.761. The van der Waals surface area contributed by atoms with Gasteiger partial charge in [-0.25, -0.2) is 0 Å². The molecular formula is C11H18ClNO. The molecule has 0 spiro atoms. The zero-order valence-corrected chi connectivity index (χ0v) is 9.56. The Morgan fingerprint density at radius 2 is 2.00 bits per heavy atom. The Balaban J connectivity index is 0.00000169. The highest BCUT2D eigenvalue weighted by Crippen LogP contribution is 2.18. The molecule has 0 heterocycles. The topological polar surface area (TPSA) is 21.3 Å². The Kier molecular flexibility index (Phi) is 7.25. The second-order valence-corrected chi connectivity index (χ2v) is 3.02. The van der Waals surface area contributed by atoms with Gasteiger partial charge in [-0.15, -0.1) is 12.4 Å². The molecule has 0 unspecified atom stereocenters. The van der Waals surface area contributed by atoms with Crippen LogP contribution in [0.1, 0.15) is 12.0 Å². The second kappa shape index (κ2) is 7.65. The lowest BCUT2D eigenvalue weighted by molar-refractivity contribution is 0.409. The van der Waals surface area contributed by atoms with Gasteiger partial charge >= 0.3 is 0 Å². The maximum Gasteiger partial charge on any atom is 0.122 e. The van der Waals surface area contributed by atoms with Crippen molar-refractivity contribution in [3.63, 3.8) is 0 Å². The molecule has 0 saturated carbocycles. The molecule has 14 heavy (non-hydrogen) atoms. The summed E-state index contributed by atoms with van der Waals surface area (Å²) in [5.74, 6) is 0.999. The Hall–Kier alpha value is -0.730. The molecule has 3 heteroatoms. The largest absolute Gasteiger partial charge is 0.496 e. The summed E-state index contributed by atoms with van der Waals surface area (Å²) in [6.07, 6.45) is 2.22. The number of para-hydroxylation sites is 1. The molecule has 0 aliphatic carbocycles. The number of aryl methyl sites for hydroxylation is 1. The minimum atomic E-state index is 0. The number of halogens is 1. The third-order valence-electron chi connectivity index (χ3n) is 2.07. The average Bonchev–Trinajstić information content (AvgIpc) is 2.19. The van der Waals surface area contributed by atoms with Crippen LogP contribution in [0.5, 0.6) is 5.75 Å². The van der Waals surface area contributed by atoms with Crippen molar-refractivity contribution in [3.05, 3.63) is 29.8 Å². The SMILES string of the molecule is CNCCCc1ccccc1OC.Cl. The molecule has 0 fully saturated rings. The minimum absolute atomic E-state index is 0. The van der Waals surface area contributed by atoms with Gasteiger partial charge in [-0.05, 0) is 38.1 Å². The van der Waals surface area contributed by atoms with E-state index < -0.39 is 0 Å². The van der Waals surface area contributed by atoms with Gasteiger partial charge in [0.1, 0.15) is 5.75 Å². The number of methoxy groups -OCH3 is 1. The van der Waals surface area contributed by atoms with E-state index in [1.54, 1.807) is 7.11 Å². The smallest absolute Gasteiger partial charge is 0.122 e. The Morgan fingerprint density at radius 3 is 2.64 bits per heavy atom. The van der Waals surface area contributed by atoms with E-state index in [1.165, 1.54) is 5.56 Å². The van der Waals surface area contributed by atoms with Crippen molar-refractivity contribution < 1.29 is 4.74 Å². The number of ether oxygens (including phenoxy) is 1. The molecule has 0 atom stereocenters. The monoisotopic (exact) mass is 215 g/mol. The van der Waals surface area contributed by atoms with Crippen LogP contribution in [0.2, 0.25) is 0 Å². The highest BCUT2D eigenvalue weighted by molar-refractivity contribution is 5.85. The van der Waals surface area contributed by atoms with E-state index in [9.17, 15) is 0 Å². The zero-order chi connectivity index (χ0) is 9.52. The molecule has 0 aromatic heterocycles. The molecule has 0 bridgehead atoms. The van der Waals surface area contributed by atoms with Crippen molar-refractivity contribution in [2.24, 2.45) is 0 Å². The van der Waals surface area contributed by atoms with Gasteiger partial charge in [-0.2, -0.15) is 0 Å². The fourth-order valence-electron chi connectivity index (χ4n) is 1.37. The van der Waals surface area contributed by atoms with Crippen LogP contribution in [0, 0.1) is 0 Å². The van der Waals surface area contributed by atoms with Crippen molar-refractivity contribution in [2.45, 2.75) is 12.8 Å². The van der Waals surface area contributed by atoms with Crippen LogP contribution in [0.25, 0.3) is 0 Å². The molecule has 2 nitrogen and oxygen atoms in total. The van der Waals surface area contributed by atoms with Crippen LogP contribution in [0.15, 0.2) is 24.3 Å². The van der Waals surface area contributed by atoms with Crippen molar-refractivity contribution in [3.8, 4) is 5.75 Å². The van der Waals surface area contributed by atoms with Crippen LogP contribution in [-0.2, 0) is 6.42 Å². The van der Waals surface area contributed by atoms with Gasteiger partial charge in [0.05, 0.1) is 7.11 Å². The summed E-state index contributed by atoms with van der Waals surface area (Å²) in [6, 6.07) is 8.18. The van der Waals surface area contributed by atoms with E-state index in [0.29, 0.717) is 0 Å². The minimum Gasteiger partial charge on any atom is -0.496 e. The van der Waals surface area contributed by atoms with Crippen molar-refractivity contribution in [1.29, 1.82) is 0 Å². The Bertz CT molecular complexity index is 253. The molecule has 1 aromatic rings. The summed E-state index contributed by atoms with van der Waals surface area (Å²) in [4.78, 5) is 0. The molecule has 80 valence electrons. The standard InChI is InChI=1S/C11H17NO.ClH/c1-12-9-5-7-10-6-3-4-8-11(10)13-2;/h3-4,6,8,12H,5,7,9H2,1-2H3;1H. The molecule has 0 radical (unpaired) electrons. The zero-order valence-electron chi connectivity index (χ0n) is 8.75. The number of hydrogen-bond acceptors (Lipinski definition) is 2. The van der Waals surface area contributed by atoms with Crippen molar-refractivity contribution in [2.75, 3.05) is 20.7 Å². The van der Waals surface area contributed by atoms with E-state index in [4.69, 9.17) is 4.74 Å². The van der Waals surface area contributed by atoms with Gasteiger partial charge in [-0.1, -0.05) is 18.2 Å². The van der Waals surface area contributed by atoms with Crippen LogP contribution >= 0.6 is 12.4 Å². The van der Waals surface area contributed by atoms with Gasteiger partial charge < -0.3 is 10.1 Å². The lowest BCUT2D eigenvalue weighted by Crippen LogP contribution is -2.08. The highest BCUT2D eigenvalue weighted by Gasteiger charge is 1.99. The second-order valence-electron chi connectivity index (χ2n) is 3.02. The van der Waals surface area contributed by atoms with Gasteiger partial charge in [0, 0.05) is 0 Å². The molecule has 0 aliphatic rings. The van der Waals surface area contributed by atoms with Gasteiger partial charge in [0.15, 0.2) is 0 Å². The van der Waals surface area contributed by atoms with Crippen LogP contribution < -0.4 is 10.1 Å².